The number of nitrogens with one attached hydrogen (secondary N) is 2. The highest BCUT2D eigenvalue weighted by Gasteiger charge is 2.27. The van der Waals surface area contributed by atoms with E-state index < -0.39 is 6.10 Å². The maximum atomic E-state index is 12.7. The van der Waals surface area contributed by atoms with Crippen LogP contribution in [0.4, 0.5) is 0 Å². The van der Waals surface area contributed by atoms with Crippen molar-refractivity contribution < 1.29 is 9.90 Å². The average Bonchev–Trinajstić information content (AvgIpc) is 3.22. The molecule has 3 aromatic heterocycles. The molecule has 4 rings (SSSR count). The molecule has 0 bridgehead atoms. The average molecular weight is 342 g/mol. The van der Waals surface area contributed by atoms with E-state index in [4.69, 9.17) is 0 Å². The normalized spacial score (nSPS) is 19.2. The number of aliphatic hydroxyl groups excluding tert-OH is 1. The predicted molar refractivity (Wildman–Crippen MR) is 87.5 cm³/mol. The zero-order valence-electron chi connectivity index (χ0n) is 13.5. The number of nitrogens with zero attached hydrogens (tertiary/aromatic N) is 6. The highest BCUT2D eigenvalue weighted by atomic mass is 16.3. The molecule has 3 aromatic rings. The van der Waals surface area contributed by atoms with Crippen LogP contribution in [0.2, 0.25) is 0 Å². The molecule has 0 aliphatic carbocycles. The number of aliphatic hydroxyl groups is 1. The van der Waals surface area contributed by atoms with Crippen LogP contribution in [0, 0.1) is 0 Å². The lowest BCUT2D eigenvalue weighted by Gasteiger charge is -2.20. The second-order valence-corrected chi connectivity index (χ2v) is 6.06. The first-order valence-corrected chi connectivity index (χ1v) is 8.04. The van der Waals surface area contributed by atoms with E-state index in [2.05, 4.69) is 35.3 Å². The van der Waals surface area contributed by atoms with Crippen molar-refractivity contribution >= 4 is 17.1 Å². The van der Waals surface area contributed by atoms with Gasteiger partial charge in [-0.2, -0.15) is 15.4 Å². The van der Waals surface area contributed by atoms with Crippen molar-refractivity contribution in [2.24, 2.45) is 0 Å². The first-order chi connectivity index (χ1) is 12.2. The summed E-state index contributed by atoms with van der Waals surface area (Å²) in [4.78, 5) is 27.8. The number of hydrogen-bond donors (Lipinski definition) is 3. The van der Waals surface area contributed by atoms with E-state index in [1.807, 2.05) is 6.07 Å². The van der Waals surface area contributed by atoms with Crippen LogP contribution in [0.1, 0.15) is 16.3 Å². The summed E-state index contributed by atoms with van der Waals surface area (Å²) in [7, 11) is 0. The number of rotatable bonds is 3. The molecule has 10 heteroatoms. The molecule has 3 N–H and O–H groups in total. The molecule has 1 fully saturated rings. The van der Waals surface area contributed by atoms with Crippen molar-refractivity contribution in [2.45, 2.75) is 12.6 Å². The second-order valence-electron chi connectivity index (χ2n) is 6.06. The number of aromatic amines is 2. The van der Waals surface area contributed by atoms with Crippen LogP contribution in [-0.4, -0.2) is 83.5 Å². The van der Waals surface area contributed by atoms with Gasteiger partial charge in [-0.3, -0.25) is 9.69 Å². The summed E-state index contributed by atoms with van der Waals surface area (Å²) in [5.41, 5.74) is 2.03. The summed E-state index contributed by atoms with van der Waals surface area (Å²) in [6.45, 7) is 2.44. The van der Waals surface area contributed by atoms with Crippen molar-refractivity contribution in [1.82, 2.24) is 40.2 Å². The van der Waals surface area contributed by atoms with Gasteiger partial charge in [0, 0.05) is 38.9 Å². The van der Waals surface area contributed by atoms with Crippen LogP contribution in [0.15, 0.2) is 24.5 Å². The van der Waals surface area contributed by atoms with E-state index in [0.717, 1.165) is 5.69 Å². The van der Waals surface area contributed by atoms with Gasteiger partial charge in [-0.25, -0.2) is 9.97 Å². The number of imidazole rings is 1. The molecule has 1 aliphatic rings. The Morgan fingerprint density at radius 1 is 1.36 bits per heavy atom. The molecule has 130 valence electrons. The highest BCUT2D eigenvalue weighted by Crippen LogP contribution is 2.12. The van der Waals surface area contributed by atoms with Crippen molar-refractivity contribution in [3.63, 3.8) is 0 Å². The maximum absolute atomic E-state index is 12.7. The van der Waals surface area contributed by atoms with Crippen LogP contribution in [0.25, 0.3) is 11.2 Å². The number of pyridine rings is 1. The summed E-state index contributed by atoms with van der Waals surface area (Å²) in [5, 5.41) is 20.7. The third kappa shape index (κ3) is 3.35. The lowest BCUT2D eigenvalue weighted by atomic mass is 10.3. The van der Waals surface area contributed by atoms with Gasteiger partial charge in [0.05, 0.1) is 23.5 Å². The SMILES string of the molecule is O=C(c1nc2ncccc2[nH]1)N1CCN(Cc2cn[nH]n2)CC(O)C1. The fourth-order valence-electron chi connectivity index (χ4n) is 3.01. The third-order valence-corrected chi connectivity index (χ3v) is 4.18. The van der Waals surface area contributed by atoms with Gasteiger partial charge in [-0.1, -0.05) is 0 Å². The fourth-order valence-corrected chi connectivity index (χ4v) is 3.01. The van der Waals surface area contributed by atoms with Gasteiger partial charge in [0.1, 0.15) is 0 Å². The Labute approximate surface area is 142 Å². The number of aromatic nitrogens is 6. The van der Waals surface area contributed by atoms with Gasteiger partial charge in [-0.15, -0.1) is 0 Å². The summed E-state index contributed by atoms with van der Waals surface area (Å²) in [6.07, 6.45) is 2.65. The molecule has 1 amide bonds. The largest absolute Gasteiger partial charge is 0.390 e. The minimum Gasteiger partial charge on any atom is -0.390 e. The van der Waals surface area contributed by atoms with Crippen molar-refractivity contribution in [1.29, 1.82) is 0 Å². The molecule has 0 aromatic carbocycles. The Kier molecular flexibility index (Phi) is 4.12. The number of amides is 1. The fraction of sp³-hybridized carbons (Fsp3) is 0.400. The molecule has 0 saturated carbocycles. The Hall–Kier alpha value is -2.85. The van der Waals surface area contributed by atoms with Crippen LogP contribution in [-0.2, 0) is 6.54 Å². The second kappa shape index (κ2) is 6.57. The number of fused-ring (bicyclic) bond motifs is 1. The minimum atomic E-state index is -0.638. The summed E-state index contributed by atoms with van der Waals surface area (Å²) in [5.74, 6) is 0.00573. The molecule has 4 heterocycles. The van der Waals surface area contributed by atoms with Crippen LogP contribution >= 0.6 is 0 Å². The van der Waals surface area contributed by atoms with Gasteiger partial charge >= 0.3 is 0 Å². The molecular formula is C15H18N8O2. The molecule has 10 nitrogen and oxygen atoms in total. The Morgan fingerprint density at radius 2 is 2.28 bits per heavy atom. The Bertz CT molecular complexity index is 828. The minimum absolute atomic E-state index is 0.236. The lowest BCUT2D eigenvalue weighted by molar-refractivity contribution is 0.0653. The molecule has 25 heavy (non-hydrogen) atoms. The smallest absolute Gasteiger partial charge is 0.289 e. The van der Waals surface area contributed by atoms with Gasteiger partial charge in [0.25, 0.3) is 5.91 Å². The number of carbonyl (C=O) groups excluding carboxylic acids is 1. The number of β-amino-alcohol motifs (C(OH)–C–C–N with tert-alkyl or cyclic N) is 1. The van der Waals surface area contributed by atoms with E-state index in [1.165, 1.54) is 0 Å². The first kappa shape index (κ1) is 15.7. The standard InChI is InChI=1S/C15H18N8O2/c24-11-8-22(7-10-6-17-21-20-10)4-5-23(9-11)15(25)14-18-12-2-1-3-16-13(12)19-14/h1-3,6,11,24H,4-5,7-9H2,(H,16,18,19)(H,17,20,21). The van der Waals surface area contributed by atoms with E-state index in [1.54, 1.807) is 23.4 Å². The lowest BCUT2D eigenvalue weighted by Crippen LogP contribution is -2.38. The molecule has 1 unspecified atom stereocenters. The van der Waals surface area contributed by atoms with Crippen LogP contribution in [0.5, 0.6) is 0 Å². The van der Waals surface area contributed by atoms with E-state index in [0.29, 0.717) is 37.3 Å². The van der Waals surface area contributed by atoms with Crippen molar-refractivity contribution in [3.05, 3.63) is 36.0 Å². The van der Waals surface area contributed by atoms with Crippen LogP contribution in [0.3, 0.4) is 0 Å². The molecule has 1 aliphatic heterocycles. The van der Waals surface area contributed by atoms with Gasteiger partial charge < -0.3 is 15.0 Å². The zero-order chi connectivity index (χ0) is 17.2. The summed E-state index contributed by atoms with van der Waals surface area (Å²) in [6, 6.07) is 3.61. The van der Waals surface area contributed by atoms with Gasteiger partial charge in [0.2, 0.25) is 0 Å². The molecule has 1 atom stereocenters. The molecule has 0 radical (unpaired) electrons. The first-order valence-electron chi connectivity index (χ1n) is 8.04. The quantitative estimate of drug-likeness (QED) is 0.580. The summed E-state index contributed by atoms with van der Waals surface area (Å²) < 4.78 is 0. The molecule has 1 saturated heterocycles. The molecule has 0 spiro atoms. The van der Waals surface area contributed by atoms with Crippen molar-refractivity contribution in [3.8, 4) is 0 Å². The molecular weight excluding hydrogens is 324 g/mol. The van der Waals surface area contributed by atoms with Crippen molar-refractivity contribution in [2.75, 3.05) is 26.2 Å². The van der Waals surface area contributed by atoms with E-state index >= 15 is 0 Å². The third-order valence-electron chi connectivity index (χ3n) is 4.18. The van der Waals surface area contributed by atoms with Gasteiger partial charge in [0.15, 0.2) is 11.5 Å². The van der Waals surface area contributed by atoms with E-state index in [9.17, 15) is 9.90 Å². The predicted octanol–water partition coefficient (Wildman–Crippen LogP) is -0.605. The van der Waals surface area contributed by atoms with E-state index in [-0.39, 0.29) is 18.3 Å². The number of H-pyrrole nitrogens is 2. The number of hydrogen-bond acceptors (Lipinski definition) is 7. The van der Waals surface area contributed by atoms with Crippen LogP contribution < -0.4 is 0 Å². The monoisotopic (exact) mass is 342 g/mol. The maximum Gasteiger partial charge on any atom is 0.289 e. The van der Waals surface area contributed by atoms with Gasteiger partial charge in [-0.05, 0) is 12.1 Å². The zero-order valence-corrected chi connectivity index (χ0v) is 13.5. The summed E-state index contributed by atoms with van der Waals surface area (Å²) >= 11 is 0. The number of carbonyl (C=O) groups is 1. The topological polar surface area (TPSA) is 127 Å². The Morgan fingerprint density at radius 3 is 3.08 bits per heavy atom. The Balaban J connectivity index is 1.47. The highest BCUT2D eigenvalue weighted by molar-refractivity contribution is 5.93.